The minimum Gasteiger partial charge on any atom is -0.381 e. The summed E-state index contributed by atoms with van der Waals surface area (Å²) in [6.45, 7) is 7.31. The van der Waals surface area contributed by atoms with Crippen molar-refractivity contribution in [1.82, 2.24) is 15.5 Å². The number of amides is 1. The van der Waals surface area contributed by atoms with Gasteiger partial charge in [-0.3, -0.25) is 9.69 Å². The van der Waals surface area contributed by atoms with Crippen molar-refractivity contribution in [2.24, 2.45) is 0 Å². The van der Waals surface area contributed by atoms with Crippen molar-refractivity contribution in [2.75, 3.05) is 52.5 Å². The highest BCUT2D eigenvalue weighted by molar-refractivity contribution is 5.75. The second kappa shape index (κ2) is 11.2. The molecular formula is C18H29N3O2. The van der Waals surface area contributed by atoms with Gasteiger partial charge in [0.1, 0.15) is 0 Å². The molecular weight excluding hydrogens is 290 g/mol. The fourth-order valence-electron chi connectivity index (χ4n) is 2.65. The topological polar surface area (TPSA) is 53.6 Å². The van der Waals surface area contributed by atoms with Crippen LogP contribution in [0, 0.1) is 0 Å². The van der Waals surface area contributed by atoms with Crippen molar-refractivity contribution < 1.29 is 9.53 Å². The molecule has 1 amide bonds. The Kier molecular flexibility index (Phi) is 8.69. The van der Waals surface area contributed by atoms with E-state index in [1.807, 2.05) is 18.2 Å². The number of nitrogens with zero attached hydrogens (tertiary/aromatic N) is 1. The molecule has 1 aromatic carbocycles. The zero-order valence-corrected chi connectivity index (χ0v) is 13.9. The average molecular weight is 319 g/mol. The SMILES string of the molecule is O=C(CCCOCCc1ccccc1)NCCN1CCNCC1. The normalized spacial score (nSPS) is 15.5. The average Bonchev–Trinajstić information content (AvgIpc) is 2.60. The fraction of sp³-hybridized carbons (Fsp3) is 0.611. The van der Waals surface area contributed by atoms with Crippen LogP contribution >= 0.6 is 0 Å². The number of carbonyl (C=O) groups is 1. The molecule has 0 unspecified atom stereocenters. The third-order valence-corrected chi connectivity index (χ3v) is 4.03. The molecule has 5 heteroatoms. The molecule has 0 aliphatic carbocycles. The molecule has 1 aromatic rings. The molecule has 0 aromatic heterocycles. The second-order valence-electron chi connectivity index (χ2n) is 5.89. The predicted molar refractivity (Wildman–Crippen MR) is 92.5 cm³/mol. The maximum absolute atomic E-state index is 11.7. The fourth-order valence-corrected chi connectivity index (χ4v) is 2.65. The van der Waals surface area contributed by atoms with Crippen LogP contribution in [0.3, 0.4) is 0 Å². The Labute approximate surface area is 139 Å². The van der Waals surface area contributed by atoms with Crippen molar-refractivity contribution in [1.29, 1.82) is 0 Å². The zero-order valence-electron chi connectivity index (χ0n) is 13.9. The number of piperazine rings is 1. The standard InChI is InChI=1S/C18H29N3O2/c22-18(20-11-14-21-12-9-19-10-13-21)7-4-15-23-16-8-17-5-2-1-3-6-17/h1-3,5-6,19H,4,7-16H2,(H,20,22). The highest BCUT2D eigenvalue weighted by Crippen LogP contribution is 2.00. The molecule has 128 valence electrons. The van der Waals surface area contributed by atoms with E-state index >= 15 is 0 Å². The summed E-state index contributed by atoms with van der Waals surface area (Å²) in [7, 11) is 0. The van der Waals surface area contributed by atoms with E-state index < -0.39 is 0 Å². The van der Waals surface area contributed by atoms with Gasteiger partial charge in [-0.25, -0.2) is 0 Å². The van der Waals surface area contributed by atoms with E-state index in [-0.39, 0.29) is 5.91 Å². The lowest BCUT2D eigenvalue weighted by Gasteiger charge is -2.27. The number of hydrogen-bond acceptors (Lipinski definition) is 4. The Morgan fingerprint density at radius 3 is 2.74 bits per heavy atom. The Morgan fingerprint density at radius 1 is 1.17 bits per heavy atom. The first-order chi connectivity index (χ1) is 11.3. The van der Waals surface area contributed by atoms with Crippen molar-refractivity contribution in [2.45, 2.75) is 19.3 Å². The van der Waals surface area contributed by atoms with Gasteiger partial charge in [0, 0.05) is 52.3 Å². The lowest BCUT2D eigenvalue weighted by Crippen LogP contribution is -2.46. The molecule has 0 bridgehead atoms. The smallest absolute Gasteiger partial charge is 0.220 e. The summed E-state index contributed by atoms with van der Waals surface area (Å²) in [6.07, 6.45) is 2.26. The van der Waals surface area contributed by atoms with Crippen LogP contribution in [0.1, 0.15) is 18.4 Å². The second-order valence-corrected chi connectivity index (χ2v) is 5.89. The van der Waals surface area contributed by atoms with Gasteiger partial charge in [-0.15, -0.1) is 0 Å². The molecule has 23 heavy (non-hydrogen) atoms. The van der Waals surface area contributed by atoms with Gasteiger partial charge in [0.2, 0.25) is 5.91 Å². The Bertz CT molecular complexity index is 433. The maximum atomic E-state index is 11.7. The van der Waals surface area contributed by atoms with Crippen LogP contribution in [0.2, 0.25) is 0 Å². The first-order valence-corrected chi connectivity index (χ1v) is 8.66. The molecule has 0 saturated carbocycles. The predicted octanol–water partition coefficient (Wildman–Crippen LogP) is 1.05. The number of benzene rings is 1. The minimum atomic E-state index is 0.131. The van der Waals surface area contributed by atoms with Crippen LogP contribution in [0.4, 0.5) is 0 Å². The van der Waals surface area contributed by atoms with Gasteiger partial charge in [0.15, 0.2) is 0 Å². The molecule has 1 heterocycles. The third-order valence-electron chi connectivity index (χ3n) is 4.03. The van der Waals surface area contributed by atoms with Crippen LogP contribution in [0.25, 0.3) is 0 Å². The molecule has 2 rings (SSSR count). The van der Waals surface area contributed by atoms with Gasteiger partial charge in [-0.05, 0) is 18.4 Å². The van der Waals surface area contributed by atoms with E-state index in [9.17, 15) is 4.79 Å². The number of rotatable bonds is 10. The molecule has 0 atom stereocenters. The third kappa shape index (κ3) is 8.11. The summed E-state index contributed by atoms with van der Waals surface area (Å²) in [4.78, 5) is 14.1. The zero-order chi connectivity index (χ0) is 16.2. The first kappa shape index (κ1) is 17.9. The quantitative estimate of drug-likeness (QED) is 0.633. The van der Waals surface area contributed by atoms with Gasteiger partial charge < -0.3 is 15.4 Å². The largest absolute Gasteiger partial charge is 0.381 e. The van der Waals surface area contributed by atoms with E-state index in [2.05, 4.69) is 27.7 Å². The number of ether oxygens (including phenoxy) is 1. The van der Waals surface area contributed by atoms with Crippen molar-refractivity contribution in [3.8, 4) is 0 Å². The lowest BCUT2D eigenvalue weighted by atomic mass is 10.2. The van der Waals surface area contributed by atoms with Gasteiger partial charge >= 0.3 is 0 Å². The van der Waals surface area contributed by atoms with Gasteiger partial charge in [-0.1, -0.05) is 30.3 Å². The van der Waals surface area contributed by atoms with E-state index in [1.54, 1.807) is 0 Å². The van der Waals surface area contributed by atoms with Crippen LogP contribution in [-0.2, 0) is 16.0 Å². The molecule has 1 aliphatic heterocycles. The summed E-state index contributed by atoms with van der Waals surface area (Å²) in [5.41, 5.74) is 1.29. The summed E-state index contributed by atoms with van der Waals surface area (Å²) in [5.74, 6) is 0.131. The molecule has 0 radical (unpaired) electrons. The Balaban J connectivity index is 1.40. The van der Waals surface area contributed by atoms with E-state index in [4.69, 9.17) is 4.74 Å². The Morgan fingerprint density at radius 2 is 1.96 bits per heavy atom. The summed E-state index contributed by atoms with van der Waals surface area (Å²) in [5, 5.41) is 6.32. The van der Waals surface area contributed by atoms with Crippen LogP contribution in [0.15, 0.2) is 30.3 Å². The summed E-state index contributed by atoms with van der Waals surface area (Å²) in [6, 6.07) is 10.3. The number of nitrogens with one attached hydrogen (secondary N) is 2. The summed E-state index contributed by atoms with van der Waals surface area (Å²) >= 11 is 0. The maximum Gasteiger partial charge on any atom is 0.220 e. The summed E-state index contributed by atoms with van der Waals surface area (Å²) < 4.78 is 5.59. The highest BCUT2D eigenvalue weighted by atomic mass is 16.5. The van der Waals surface area contributed by atoms with Crippen LogP contribution < -0.4 is 10.6 Å². The molecule has 0 spiro atoms. The van der Waals surface area contributed by atoms with Crippen molar-refractivity contribution >= 4 is 5.91 Å². The van der Waals surface area contributed by atoms with E-state index in [0.717, 1.165) is 52.1 Å². The molecule has 1 aliphatic rings. The number of carbonyl (C=O) groups excluding carboxylic acids is 1. The van der Waals surface area contributed by atoms with E-state index in [1.165, 1.54) is 5.56 Å². The molecule has 5 nitrogen and oxygen atoms in total. The molecule has 1 saturated heterocycles. The van der Waals surface area contributed by atoms with Crippen molar-refractivity contribution in [3.05, 3.63) is 35.9 Å². The van der Waals surface area contributed by atoms with Crippen molar-refractivity contribution in [3.63, 3.8) is 0 Å². The van der Waals surface area contributed by atoms with Gasteiger partial charge in [-0.2, -0.15) is 0 Å². The van der Waals surface area contributed by atoms with Crippen LogP contribution in [0.5, 0.6) is 0 Å². The Hall–Kier alpha value is -1.43. The van der Waals surface area contributed by atoms with Crippen LogP contribution in [-0.4, -0.2) is 63.3 Å². The van der Waals surface area contributed by atoms with Gasteiger partial charge in [0.05, 0.1) is 6.61 Å². The van der Waals surface area contributed by atoms with Gasteiger partial charge in [0.25, 0.3) is 0 Å². The lowest BCUT2D eigenvalue weighted by molar-refractivity contribution is -0.121. The highest BCUT2D eigenvalue weighted by Gasteiger charge is 2.09. The molecule has 1 fully saturated rings. The minimum absolute atomic E-state index is 0.131. The monoisotopic (exact) mass is 319 g/mol. The molecule has 2 N–H and O–H groups in total. The van der Waals surface area contributed by atoms with E-state index in [0.29, 0.717) is 19.6 Å². The first-order valence-electron chi connectivity index (χ1n) is 8.66. The number of hydrogen-bond donors (Lipinski definition) is 2.